The molecule has 5 aromatic carbocycles. The lowest BCUT2D eigenvalue weighted by Crippen LogP contribution is -2.62. The maximum absolute atomic E-state index is 6.80. The molecule has 0 aliphatic carbocycles. The Labute approximate surface area is 277 Å². The maximum atomic E-state index is 6.80. The number of para-hydroxylation sites is 1. The highest BCUT2D eigenvalue weighted by Gasteiger charge is 2.50. The summed E-state index contributed by atoms with van der Waals surface area (Å²) < 4.78 is 39.9. The predicted molar refractivity (Wildman–Crippen MR) is 182 cm³/mol. The van der Waals surface area contributed by atoms with Crippen LogP contribution in [-0.4, -0.2) is 37.3 Å². The molecule has 0 amide bonds. The first-order valence-corrected chi connectivity index (χ1v) is 16.2. The molecule has 5 aromatic rings. The number of rotatable bonds is 15. The van der Waals surface area contributed by atoms with Gasteiger partial charge in [-0.15, -0.1) is 0 Å². The molecule has 0 saturated carbocycles. The Morgan fingerprint density at radius 1 is 0.468 bits per heavy atom. The minimum atomic E-state index is -0.789. The van der Waals surface area contributed by atoms with Gasteiger partial charge in [0.05, 0.1) is 33.0 Å². The van der Waals surface area contributed by atoms with Gasteiger partial charge in [-0.2, -0.15) is 0 Å². The molecule has 0 N–H and O–H groups in total. The lowest BCUT2D eigenvalue weighted by atomic mass is 9.97. The second-order valence-electron chi connectivity index (χ2n) is 11.7. The van der Waals surface area contributed by atoms with Crippen molar-refractivity contribution < 1.29 is 28.4 Å². The lowest BCUT2D eigenvalue weighted by molar-refractivity contribution is -0.310. The van der Waals surface area contributed by atoms with E-state index in [1.165, 1.54) is 0 Å². The molecular weight excluding hydrogens is 588 g/mol. The minimum absolute atomic E-state index is 0.276. The van der Waals surface area contributed by atoms with Crippen molar-refractivity contribution in [2.24, 2.45) is 0 Å². The van der Waals surface area contributed by atoms with Gasteiger partial charge in [-0.05, 0) is 40.8 Å². The highest BCUT2D eigenvalue weighted by atomic mass is 16.7. The van der Waals surface area contributed by atoms with Crippen molar-refractivity contribution in [2.75, 3.05) is 6.61 Å². The second-order valence-corrected chi connectivity index (χ2v) is 11.7. The molecule has 0 radical (unpaired) electrons. The summed E-state index contributed by atoms with van der Waals surface area (Å²) in [6.07, 6.45) is -2.98. The molecule has 47 heavy (non-hydrogen) atoms. The molecule has 1 heterocycles. The molecular formula is C41H42O6. The Balaban J connectivity index is 1.32. The van der Waals surface area contributed by atoms with Crippen LogP contribution in [0.3, 0.4) is 0 Å². The second kappa shape index (κ2) is 17.0. The molecule has 242 valence electrons. The van der Waals surface area contributed by atoms with Crippen molar-refractivity contribution in [1.82, 2.24) is 0 Å². The fraction of sp³-hybridized carbons (Fsp3) is 0.268. The van der Waals surface area contributed by atoms with Gasteiger partial charge >= 0.3 is 0 Å². The SMILES string of the molecule is Cc1ccccc1O[C@@H]1O[C@H](COCc2ccccc2)[C@@H](OCc2ccccc2)[C@H](OCc2ccccc2)[C@H]1OCc1ccccc1. The number of aryl methyl sites for hydroxylation is 1. The first-order valence-electron chi connectivity index (χ1n) is 16.2. The van der Waals surface area contributed by atoms with Crippen molar-refractivity contribution in [3.63, 3.8) is 0 Å². The Bertz CT molecular complexity index is 1600. The van der Waals surface area contributed by atoms with Gasteiger partial charge in [0.15, 0.2) is 0 Å². The molecule has 6 heteroatoms. The maximum Gasteiger partial charge on any atom is 0.229 e. The standard InChI is InChI=1S/C41H42O6/c1-31-16-14-15-25-36(31)46-41-40(45-29-35-23-12-5-13-24-35)39(44-28-34-21-10-4-11-22-34)38(43-27-33-19-8-3-9-20-33)37(47-41)30-42-26-32-17-6-2-7-18-32/h2-25,37-41H,26-30H2,1H3/t37-,38-,39+,40-,41-/m1/s1. The number of hydrogen-bond acceptors (Lipinski definition) is 6. The third kappa shape index (κ3) is 9.38. The summed E-state index contributed by atoms with van der Waals surface area (Å²) in [6, 6.07) is 48.4. The van der Waals surface area contributed by atoms with Crippen molar-refractivity contribution in [3.05, 3.63) is 173 Å². The molecule has 0 spiro atoms. The third-order valence-corrected chi connectivity index (χ3v) is 8.18. The minimum Gasteiger partial charge on any atom is -0.462 e. The first kappa shape index (κ1) is 32.6. The van der Waals surface area contributed by atoms with Gasteiger partial charge in [0, 0.05) is 0 Å². The summed E-state index contributed by atoms with van der Waals surface area (Å²) in [4.78, 5) is 0. The summed E-state index contributed by atoms with van der Waals surface area (Å²) in [6.45, 7) is 3.85. The normalized spacial score (nSPS) is 20.9. The van der Waals surface area contributed by atoms with Crippen LogP contribution in [0.4, 0.5) is 0 Å². The average molecular weight is 631 g/mol. The van der Waals surface area contributed by atoms with Gasteiger partial charge in [0.2, 0.25) is 6.29 Å². The average Bonchev–Trinajstić information content (AvgIpc) is 3.12. The molecule has 0 aromatic heterocycles. The number of hydrogen-bond donors (Lipinski definition) is 0. The molecule has 5 atom stereocenters. The van der Waals surface area contributed by atoms with E-state index in [-0.39, 0.29) is 6.61 Å². The molecule has 1 aliphatic rings. The molecule has 1 aliphatic heterocycles. The molecule has 1 saturated heterocycles. The molecule has 6 rings (SSSR count). The van der Waals surface area contributed by atoms with Gasteiger partial charge in [-0.1, -0.05) is 140 Å². The largest absolute Gasteiger partial charge is 0.462 e. The van der Waals surface area contributed by atoms with Gasteiger partial charge in [-0.25, -0.2) is 0 Å². The topological polar surface area (TPSA) is 55.4 Å². The molecule has 1 fully saturated rings. The lowest BCUT2D eigenvalue weighted by Gasteiger charge is -2.45. The van der Waals surface area contributed by atoms with Crippen LogP contribution in [0, 0.1) is 6.92 Å². The number of benzene rings is 5. The zero-order valence-corrected chi connectivity index (χ0v) is 26.7. The smallest absolute Gasteiger partial charge is 0.229 e. The summed E-state index contributed by atoms with van der Waals surface area (Å²) in [5, 5.41) is 0. The Morgan fingerprint density at radius 2 is 0.894 bits per heavy atom. The van der Waals surface area contributed by atoms with Crippen LogP contribution in [0.25, 0.3) is 0 Å². The predicted octanol–water partition coefficient (Wildman–Crippen LogP) is 8.07. The van der Waals surface area contributed by atoms with Crippen LogP contribution >= 0.6 is 0 Å². The van der Waals surface area contributed by atoms with E-state index < -0.39 is 30.7 Å². The van der Waals surface area contributed by atoms with E-state index in [1.807, 2.05) is 116 Å². The van der Waals surface area contributed by atoms with E-state index in [1.54, 1.807) is 0 Å². The Hall–Kier alpha value is -4.30. The first-order chi connectivity index (χ1) is 23.2. The quantitative estimate of drug-likeness (QED) is 0.117. The van der Waals surface area contributed by atoms with Crippen LogP contribution in [0.2, 0.25) is 0 Å². The van der Waals surface area contributed by atoms with Crippen LogP contribution in [-0.2, 0) is 50.1 Å². The zero-order chi connectivity index (χ0) is 32.1. The highest BCUT2D eigenvalue weighted by molar-refractivity contribution is 5.32. The fourth-order valence-corrected chi connectivity index (χ4v) is 5.66. The van der Waals surface area contributed by atoms with E-state index >= 15 is 0 Å². The van der Waals surface area contributed by atoms with E-state index in [0.717, 1.165) is 33.6 Å². The van der Waals surface area contributed by atoms with Gasteiger partial charge in [0.1, 0.15) is 30.2 Å². The van der Waals surface area contributed by atoms with Gasteiger partial charge in [0.25, 0.3) is 0 Å². The van der Waals surface area contributed by atoms with E-state index in [9.17, 15) is 0 Å². The van der Waals surface area contributed by atoms with Gasteiger partial charge in [-0.3, -0.25) is 0 Å². The van der Waals surface area contributed by atoms with Gasteiger partial charge < -0.3 is 28.4 Å². The van der Waals surface area contributed by atoms with Crippen LogP contribution < -0.4 is 4.74 Å². The Morgan fingerprint density at radius 3 is 1.40 bits per heavy atom. The summed E-state index contributed by atoms with van der Waals surface area (Å²) in [5.74, 6) is 0.722. The van der Waals surface area contributed by atoms with Crippen molar-refractivity contribution in [1.29, 1.82) is 0 Å². The van der Waals surface area contributed by atoms with Crippen molar-refractivity contribution in [2.45, 2.75) is 64.1 Å². The monoisotopic (exact) mass is 630 g/mol. The van der Waals surface area contributed by atoms with Crippen molar-refractivity contribution in [3.8, 4) is 5.75 Å². The van der Waals surface area contributed by atoms with Crippen LogP contribution in [0.5, 0.6) is 5.75 Å². The highest BCUT2D eigenvalue weighted by Crippen LogP contribution is 2.33. The zero-order valence-electron chi connectivity index (χ0n) is 26.7. The molecule has 0 bridgehead atoms. The summed E-state index contributed by atoms with van der Waals surface area (Å²) >= 11 is 0. The van der Waals surface area contributed by atoms with E-state index in [2.05, 4.69) is 36.4 Å². The summed E-state index contributed by atoms with van der Waals surface area (Å²) in [7, 11) is 0. The van der Waals surface area contributed by atoms with Crippen LogP contribution in [0.15, 0.2) is 146 Å². The van der Waals surface area contributed by atoms with E-state index in [0.29, 0.717) is 26.4 Å². The third-order valence-electron chi connectivity index (χ3n) is 8.18. The Kier molecular flexibility index (Phi) is 11.8. The molecule has 0 unspecified atom stereocenters. The summed E-state index contributed by atoms with van der Waals surface area (Å²) in [5.41, 5.74) is 5.23. The van der Waals surface area contributed by atoms with Crippen molar-refractivity contribution >= 4 is 0 Å². The number of ether oxygens (including phenoxy) is 6. The van der Waals surface area contributed by atoms with Crippen LogP contribution in [0.1, 0.15) is 27.8 Å². The van der Waals surface area contributed by atoms with E-state index in [4.69, 9.17) is 28.4 Å². The molecule has 6 nitrogen and oxygen atoms in total. The fourth-order valence-electron chi connectivity index (χ4n) is 5.66.